The average Bonchev–Trinajstić information content (AvgIpc) is 3.16. The van der Waals surface area contributed by atoms with Gasteiger partial charge in [-0.1, -0.05) is 0 Å². The largest absolute Gasteiger partial charge is 0.444 e. The van der Waals surface area contributed by atoms with Crippen molar-refractivity contribution < 1.29 is 32.2 Å². The number of aromatic nitrogens is 3. The number of nitrogens with one attached hydrogen (secondary N) is 1. The van der Waals surface area contributed by atoms with Gasteiger partial charge in [0.25, 0.3) is 0 Å². The van der Waals surface area contributed by atoms with Crippen molar-refractivity contribution in [3.8, 4) is 0 Å². The number of aliphatic hydroxyl groups is 1. The van der Waals surface area contributed by atoms with E-state index in [9.17, 15) is 27.5 Å². The number of fused-ring (bicyclic) bond motifs is 1. The lowest BCUT2D eigenvalue weighted by Gasteiger charge is -2.36. The molecule has 2 fully saturated rings. The van der Waals surface area contributed by atoms with E-state index in [-0.39, 0.29) is 24.7 Å². The molecule has 1 saturated heterocycles. The number of carbonyl (C=O) groups is 1. The van der Waals surface area contributed by atoms with Gasteiger partial charge in [0.15, 0.2) is 11.2 Å². The Morgan fingerprint density at radius 3 is 2.32 bits per heavy atom. The van der Waals surface area contributed by atoms with E-state index < -0.39 is 42.1 Å². The van der Waals surface area contributed by atoms with Gasteiger partial charge in [0, 0.05) is 24.6 Å². The number of carbonyl (C=O) groups excluding carboxylic acids is 1. The predicted octanol–water partition coefficient (Wildman–Crippen LogP) is 5.16. The van der Waals surface area contributed by atoms with Gasteiger partial charge in [-0.3, -0.25) is 0 Å². The first-order valence-electron chi connectivity index (χ1n) is 11.6. The molecule has 188 valence electrons. The quantitative estimate of drug-likeness (QED) is 0.572. The van der Waals surface area contributed by atoms with Gasteiger partial charge in [0.2, 0.25) is 0 Å². The van der Waals surface area contributed by atoms with Crippen LogP contribution in [0, 0.1) is 5.82 Å². The molecule has 2 N–H and O–H groups in total. The molecule has 2 aliphatic rings. The summed E-state index contributed by atoms with van der Waals surface area (Å²) in [4.78, 5) is 25.7. The van der Waals surface area contributed by atoms with Crippen LogP contribution in [0.4, 0.5) is 22.4 Å². The molecule has 34 heavy (non-hydrogen) atoms. The second-order valence-electron chi connectivity index (χ2n) is 10.4. The van der Waals surface area contributed by atoms with Crippen molar-refractivity contribution in [1.29, 1.82) is 0 Å². The van der Waals surface area contributed by atoms with Gasteiger partial charge in [-0.05, 0) is 65.2 Å². The van der Waals surface area contributed by atoms with E-state index in [4.69, 9.17) is 4.74 Å². The summed E-state index contributed by atoms with van der Waals surface area (Å²) in [6, 6.07) is 0. The van der Waals surface area contributed by atoms with Crippen LogP contribution in [0.2, 0.25) is 0 Å². The molecule has 2 aromatic heterocycles. The fourth-order valence-electron chi connectivity index (χ4n) is 4.88. The van der Waals surface area contributed by atoms with Crippen LogP contribution in [0.25, 0.3) is 11.2 Å². The lowest BCUT2D eigenvalue weighted by Crippen LogP contribution is -2.47. The molecule has 0 aromatic carbocycles. The number of ether oxygens (including phenoxy) is 1. The highest BCUT2D eigenvalue weighted by atomic mass is 19.4. The summed E-state index contributed by atoms with van der Waals surface area (Å²) in [6.45, 7) is 6.22. The maximum Gasteiger partial charge on any atom is 0.417 e. The van der Waals surface area contributed by atoms with Gasteiger partial charge in [0.1, 0.15) is 22.8 Å². The number of H-pyrrole nitrogens is 1. The van der Waals surface area contributed by atoms with Gasteiger partial charge in [-0.15, -0.1) is 0 Å². The highest BCUT2D eigenvalue weighted by Gasteiger charge is 2.55. The minimum absolute atomic E-state index is 0.113. The Morgan fingerprint density at radius 1 is 1.15 bits per heavy atom. The summed E-state index contributed by atoms with van der Waals surface area (Å²) in [5.41, 5.74) is -2.09. The zero-order chi connectivity index (χ0) is 24.9. The molecular formula is C23H30F4N4O3. The maximum atomic E-state index is 14.9. The van der Waals surface area contributed by atoms with Crippen molar-refractivity contribution in [2.45, 2.75) is 88.5 Å². The lowest BCUT2D eigenvalue weighted by molar-refractivity contribution is -0.270. The number of alkyl halides is 3. The van der Waals surface area contributed by atoms with Crippen molar-refractivity contribution in [2.75, 3.05) is 13.1 Å². The van der Waals surface area contributed by atoms with Crippen LogP contribution in [-0.2, 0) is 4.74 Å². The minimum atomic E-state index is -4.67. The molecule has 1 saturated carbocycles. The number of halogens is 4. The zero-order valence-corrected chi connectivity index (χ0v) is 19.5. The molecular weight excluding hydrogens is 456 g/mol. The van der Waals surface area contributed by atoms with Crippen LogP contribution >= 0.6 is 0 Å². The third kappa shape index (κ3) is 4.85. The number of likely N-dealkylation sites (tertiary alicyclic amines) is 1. The summed E-state index contributed by atoms with van der Waals surface area (Å²) in [5.74, 6) is -0.509. The number of imidazole rings is 1. The first kappa shape index (κ1) is 24.7. The van der Waals surface area contributed by atoms with Crippen molar-refractivity contribution in [1.82, 2.24) is 19.9 Å². The topological polar surface area (TPSA) is 91.3 Å². The fraction of sp³-hybridized carbons (Fsp3) is 0.696. The smallest absolute Gasteiger partial charge is 0.417 e. The number of rotatable bonds is 2. The van der Waals surface area contributed by atoms with E-state index in [1.54, 1.807) is 25.7 Å². The van der Waals surface area contributed by atoms with Crippen molar-refractivity contribution >= 4 is 17.3 Å². The van der Waals surface area contributed by atoms with Crippen LogP contribution in [0.5, 0.6) is 0 Å². The summed E-state index contributed by atoms with van der Waals surface area (Å²) in [7, 11) is 0. The van der Waals surface area contributed by atoms with Gasteiger partial charge in [-0.25, -0.2) is 19.2 Å². The second-order valence-corrected chi connectivity index (χ2v) is 10.4. The molecule has 11 heteroatoms. The van der Waals surface area contributed by atoms with E-state index in [0.717, 1.165) is 6.20 Å². The third-order valence-corrected chi connectivity index (χ3v) is 6.80. The van der Waals surface area contributed by atoms with Crippen LogP contribution in [0.3, 0.4) is 0 Å². The molecule has 1 aliphatic heterocycles. The summed E-state index contributed by atoms with van der Waals surface area (Å²) in [5, 5.41) is 9.93. The number of nitrogens with zero attached hydrogens (tertiary/aromatic N) is 3. The number of aromatic amines is 1. The predicted molar refractivity (Wildman–Crippen MR) is 116 cm³/mol. The summed E-state index contributed by atoms with van der Waals surface area (Å²) >= 11 is 0. The summed E-state index contributed by atoms with van der Waals surface area (Å²) in [6.07, 6.45) is -3.47. The normalized spacial score (nSPS) is 25.1. The Bertz CT molecular complexity index is 1050. The van der Waals surface area contributed by atoms with Crippen molar-refractivity contribution in [3.05, 3.63) is 23.4 Å². The Kier molecular flexibility index (Phi) is 6.28. The highest BCUT2D eigenvalue weighted by molar-refractivity contribution is 5.76. The van der Waals surface area contributed by atoms with E-state index in [2.05, 4.69) is 15.0 Å². The van der Waals surface area contributed by atoms with Crippen LogP contribution in [-0.4, -0.2) is 61.5 Å². The van der Waals surface area contributed by atoms with Gasteiger partial charge in [0.05, 0.1) is 6.20 Å². The highest BCUT2D eigenvalue weighted by Crippen LogP contribution is 2.46. The van der Waals surface area contributed by atoms with E-state index in [0.29, 0.717) is 48.5 Å². The number of hydrogen-bond acceptors (Lipinski definition) is 5. The van der Waals surface area contributed by atoms with E-state index >= 15 is 0 Å². The average molecular weight is 487 g/mol. The molecule has 0 radical (unpaired) electrons. The molecule has 0 spiro atoms. The van der Waals surface area contributed by atoms with Gasteiger partial charge < -0.3 is 19.7 Å². The number of pyridine rings is 1. The molecule has 7 nitrogen and oxygen atoms in total. The van der Waals surface area contributed by atoms with Crippen LogP contribution < -0.4 is 0 Å². The first-order chi connectivity index (χ1) is 15.8. The molecule has 4 rings (SSSR count). The standard InChI is InChI=1S/C23H30F4N4O3/c1-21(2,3)34-20(32)31-10-6-13(7-11-31)16-15(24)12-28-19-17(16)29-18(30-19)14-4-8-22(33,9-5-14)23(25,26)27/h12-14,33H,4-11H2,1-3H3,(H,28,29,30). The molecule has 0 atom stereocenters. The van der Waals surface area contributed by atoms with Gasteiger partial charge >= 0.3 is 12.3 Å². The van der Waals surface area contributed by atoms with E-state index in [1.165, 1.54) is 0 Å². The van der Waals surface area contributed by atoms with E-state index in [1.807, 2.05) is 0 Å². The van der Waals surface area contributed by atoms with Crippen molar-refractivity contribution in [2.24, 2.45) is 0 Å². The number of piperidine rings is 1. The Hall–Kier alpha value is -2.43. The molecule has 1 amide bonds. The Balaban J connectivity index is 1.50. The third-order valence-electron chi connectivity index (χ3n) is 6.80. The Morgan fingerprint density at radius 2 is 1.76 bits per heavy atom. The first-order valence-corrected chi connectivity index (χ1v) is 11.6. The molecule has 2 aromatic rings. The monoisotopic (exact) mass is 486 g/mol. The van der Waals surface area contributed by atoms with Crippen molar-refractivity contribution in [3.63, 3.8) is 0 Å². The lowest BCUT2D eigenvalue weighted by atomic mass is 9.78. The SMILES string of the molecule is CC(C)(C)OC(=O)N1CCC(c2c(F)cnc3[nH]c(C4CCC(O)(C(F)(F)F)CC4)nc23)CC1. The number of hydrogen-bond donors (Lipinski definition) is 2. The van der Waals surface area contributed by atoms with Crippen LogP contribution in [0.15, 0.2) is 6.20 Å². The molecule has 3 heterocycles. The fourth-order valence-corrected chi connectivity index (χ4v) is 4.88. The molecule has 1 aliphatic carbocycles. The molecule has 0 unspecified atom stereocenters. The Labute approximate surface area is 194 Å². The minimum Gasteiger partial charge on any atom is -0.444 e. The summed E-state index contributed by atoms with van der Waals surface area (Å²) < 4.78 is 59.7. The number of amides is 1. The molecule has 0 bridgehead atoms. The maximum absolute atomic E-state index is 14.9. The van der Waals surface area contributed by atoms with Crippen LogP contribution in [0.1, 0.15) is 82.5 Å². The second kappa shape index (κ2) is 8.66. The zero-order valence-electron chi connectivity index (χ0n) is 19.5. The van der Waals surface area contributed by atoms with Gasteiger partial charge in [-0.2, -0.15) is 13.2 Å².